The number of nitrogens with zero attached hydrogens (tertiary/aromatic N) is 2. The maximum absolute atomic E-state index is 12.6. The molecule has 0 unspecified atom stereocenters. The molecule has 1 N–H and O–H groups in total. The summed E-state index contributed by atoms with van der Waals surface area (Å²) in [6.07, 6.45) is 4.73. The van der Waals surface area contributed by atoms with E-state index in [4.69, 9.17) is 11.6 Å². The van der Waals surface area contributed by atoms with E-state index in [-0.39, 0.29) is 5.91 Å². The van der Waals surface area contributed by atoms with Gasteiger partial charge in [0, 0.05) is 5.02 Å². The third-order valence-corrected chi connectivity index (χ3v) is 4.67. The molecule has 5 nitrogen and oxygen atoms in total. The third kappa shape index (κ3) is 2.73. The Hall–Kier alpha value is -1.88. The molecule has 0 radical (unpaired) electrons. The summed E-state index contributed by atoms with van der Waals surface area (Å²) < 4.78 is 0. The molecule has 22 heavy (non-hydrogen) atoms. The van der Waals surface area contributed by atoms with Crippen LogP contribution >= 0.6 is 11.6 Å². The first-order valence-corrected chi connectivity index (χ1v) is 7.84. The second-order valence-electron chi connectivity index (χ2n) is 6.11. The molecule has 0 aromatic heterocycles. The zero-order chi connectivity index (χ0) is 15.7. The van der Waals surface area contributed by atoms with Crippen molar-refractivity contribution >= 4 is 29.8 Å². The van der Waals surface area contributed by atoms with E-state index < -0.39 is 11.6 Å². The van der Waals surface area contributed by atoms with Crippen molar-refractivity contribution in [3.8, 4) is 0 Å². The van der Waals surface area contributed by atoms with Crippen molar-refractivity contribution in [3.63, 3.8) is 0 Å². The molecule has 1 saturated carbocycles. The number of hydrogen-bond acceptors (Lipinski definition) is 3. The number of rotatable bonds is 2. The lowest BCUT2D eigenvalue weighted by atomic mass is 9.77. The number of hydrogen-bond donors (Lipinski definition) is 1. The zero-order valence-electron chi connectivity index (χ0n) is 12.4. The first-order valence-electron chi connectivity index (χ1n) is 7.46. The Bertz CT molecular complexity index is 636. The summed E-state index contributed by atoms with van der Waals surface area (Å²) in [6, 6.07) is 6.63. The van der Waals surface area contributed by atoms with E-state index in [1.807, 2.05) is 6.07 Å². The lowest BCUT2D eigenvalue weighted by Crippen LogP contribution is -2.49. The molecule has 0 bridgehead atoms. The van der Waals surface area contributed by atoms with Gasteiger partial charge in [-0.05, 0) is 49.3 Å². The van der Waals surface area contributed by atoms with E-state index in [1.165, 1.54) is 6.21 Å². The first kappa shape index (κ1) is 15.0. The number of urea groups is 1. The van der Waals surface area contributed by atoms with Crippen molar-refractivity contribution < 1.29 is 9.59 Å². The monoisotopic (exact) mass is 319 g/mol. The third-order valence-electron chi connectivity index (χ3n) is 4.44. The molecular weight excluding hydrogens is 302 g/mol. The number of carbonyl (C=O) groups excluding carboxylic acids is 2. The topological polar surface area (TPSA) is 61.8 Å². The SMILES string of the molecule is CC1CCC2(CC1)NC(=O)N(/N=C/c1cccc(Cl)c1)C2=O. The van der Waals surface area contributed by atoms with Gasteiger partial charge in [-0.1, -0.05) is 30.7 Å². The fourth-order valence-electron chi connectivity index (χ4n) is 3.02. The maximum Gasteiger partial charge on any atom is 0.346 e. The number of carbonyl (C=O) groups is 2. The summed E-state index contributed by atoms with van der Waals surface area (Å²) >= 11 is 5.91. The highest BCUT2D eigenvalue weighted by Crippen LogP contribution is 2.36. The number of nitrogens with one attached hydrogen (secondary N) is 1. The summed E-state index contributed by atoms with van der Waals surface area (Å²) in [5.41, 5.74) is -0.0127. The van der Waals surface area contributed by atoms with Gasteiger partial charge in [0.05, 0.1) is 6.21 Å². The largest absolute Gasteiger partial charge is 0.346 e. The molecule has 1 aromatic carbocycles. The van der Waals surface area contributed by atoms with Crippen molar-refractivity contribution in [2.75, 3.05) is 0 Å². The van der Waals surface area contributed by atoms with Crippen LogP contribution in [0, 0.1) is 5.92 Å². The molecule has 0 atom stereocenters. The van der Waals surface area contributed by atoms with Crippen molar-refractivity contribution in [1.29, 1.82) is 0 Å². The highest BCUT2D eigenvalue weighted by molar-refractivity contribution is 6.30. The van der Waals surface area contributed by atoms with Crippen molar-refractivity contribution in [1.82, 2.24) is 10.3 Å². The summed E-state index contributed by atoms with van der Waals surface area (Å²) in [4.78, 5) is 24.7. The average molecular weight is 320 g/mol. The average Bonchev–Trinajstić information content (AvgIpc) is 2.72. The Morgan fingerprint density at radius 1 is 1.36 bits per heavy atom. The highest BCUT2D eigenvalue weighted by atomic mass is 35.5. The Kier molecular flexibility index (Phi) is 3.91. The molecule has 1 aromatic rings. The molecule has 3 rings (SSSR count). The van der Waals surface area contributed by atoms with E-state index in [0.717, 1.165) is 23.4 Å². The quantitative estimate of drug-likeness (QED) is 0.672. The molecule has 2 aliphatic rings. The molecular formula is C16H18ClN3O2. The van der Waals surface area contributed by atoms with Crippen molar-refractivity contribution in [2.45, 2.75) is 38.1 Å². The van der Waals surface area contributed by atoms with E-state index in [9.17, 15) is 9.59 Å². The van der Waals surface area contributed by atoms with Gasteiger partial charge in [0.2, 0.25) is 0 Å². The number of imide groups is 1. The van der Waals surface area contributed by atoms with E-state index in [0.29, 0.717) is 23.8 Å². The molecule has 1 heterocycles. The summed E-state index contributed by atoms with van der Waals surface area (Å²) in [5, 5.41) is 8.41. The Labute approximate surface area is 134 Å². The van der Waals surface area contributed by atoms with Crippen LogP contribution in [-0.2, 0) is 4.79 Å². The van der Waals surface area contributed by atoms with Gasteiger partial charge in [-0.3, -0.25) is 4.79 Å². The van der Waals surface area contributed by atoms with Crippen molar-refractivity contribution in [3.05, 3.63) is 34.9 Å². The van der Waals surface area contributed by atoms with Gasteiger partial charge in [0.1, 0.15) is 5.54 Å². The van der Waals surface area contributed by atoms with Gasteiger partial charge in [0.15, 0.2) is 0 Å². The van der Waals surface area contributed by atoms with Gasteiger partial charge < -0.3 is 5.32 Å². The highest BCUT2D eigenvalue weighted by Gasteiger charge is 2.52. The van der Waals surface area contributed by atoms with Crippen LogP contribution in [0.15, 0.2) is 29.4 Å². The van der Waals surface area contributed by atoms with Gasteiger partial charge >= 0.3 is 6.03 Å². The second-order valence-corrected chi connectivity index (χ2v) is 6.55. The first-order chi connectivity index (χ1) is 10.5. The smallest absolute Gasteiger partial charge is 0.321 e. The van der Waals surface area contributed by atoms with Gasteiger partial charge in [-0.2, -0.15) is 5.10 Å². The van der Waals surface area contributed by atoms with Crippen LogP contribution in [0.25, 0.3) is 0 Å². The normalized spacial score (nSPS) is 28.6. The Balaban J connectivity index is 1.77. The summed E-state index contributed by atoms with van der Waals surface area (Å²) in [7, 11) is 0. The Morgan fingerprint density at radius 3 is 2.77 bits per heavy atom. The van der Waals surface area contributed by atoms with Crippen LogP contribution in [0.4, 0.5) is 4.79 Å². The predicted octanol–water partition coefficient (Wildman–Crippen LogP) is 3.17. The number of benzene rings is 1. The van der Waals surface area contributed by atoms with Gasteiger partial charge in [-0.25, -0.2) is 4.79 Å². The van der Waals surface area contributed by atoms with Crippen LogP contribution in [0.5, 0.6) is 0 Å². The standard InChI is InChI=1S/C16H18ClN3O2/c1-11-5-7-16(8-6-11)14(21)20(15(22)19-16)18-10-12-3-2-4-13(17)9-12/h2-4,9-11H,5-8H2,1H3,(H,19,22)/b18-10+. The maximum atomic E-state index is 12.6. The lowest BCUT2D eigenvalue weighted by Gasteiger charge is -2.33. The lowest BCUT2D eigenvalue weighted by molar-refractivity contribution is -0.132. The molecule has 2 fully saturated rings. The van der Waals surface area contributed by atoms with Crippen LogP contribution in [-0.4, -0.2) is 28.7 Å². The fraction of sp³-hybridized carbons (Fsp3) is 0.438. The zero-order valence-corrected chi connectivity index (χ0v) is 13.1. The number of hydrazone groups is 1. The van der Waals surface area contributed by atoms with E-state index in [2.05, 4.69) is 17.3 Å². The number of halogens is 1. The summed E-state index contributed by atoms with van der Waals surface area (Å²) in [5.74, 6) is 0.349. The second kappa shape index (κ2) is 5.72. The predicted molar refractivity (Wildman–Crippen MR) is 84.8 cm³/mol. The Morgan fingerprint density at radius 2 is 2.09 bits per heavy atom. The van der Waals surface area contributed by atoms with Crippen LogP contribution in [0.3, 0.4) is 0 Å². The van der Waals surface area contributed by atoms with Crippen LogP contribution in [0.1, 0.15) is 38.2 Å². The van der Waals surface area contributed by atoms with E-state index >= 15 is 0 Å². The van der Waals surface area contributed by atoms with Gasteiger partial charge in [0.25, 0.3) is 5.91 Å². The summed E-state index contributed by atoms with van der Waals surface area (Å²) in [6.45, 7) is 2.17. The van der Waals surface area contributed by atoms with Crippen LogP contribution in [0.2, 0.25) is 5.02 Å². The molecule has 6 heteroatoms. The minimum atomic E-state index is -0.755. The van der Waals surface area contributed by atoms with E-state index in [1.54, 1.807) is 18.2 Å². The minimum absolute atomic E-state index is 0.248. The minimum Gasteiger partial charge on any atom is -0.321 e. The fourth-order valence-corrected chi connectivity index (χ4v) is 3.21. The molecule has 3 amide bonds. The molecule has 1 aliphatic heterocycles. The van der Waals surface area contributed by atoms with Gasteiger partial charge in [-0.15, -0.1) is 5.01 Å². The van der Waals surface area contributed by atoms with Crippen molar-refractivity contribution in [2.24, 2.45) is 11.0 Å². The molecule has 1 saturated heterocycles. The van der Waals surface area contributed by atoms with Crippen LogP contribution < -0.4 is 5.32 Å². The number of amides is 3. The molecule has 1 spiro atoms. The molecule has 1 aliphatic carbocycles. The molecule has 116 valence electrons.